The van der Waals surface area contributed by atoms with Crippen LogP contribution in [0.15, 0.2) is 0 Å². The molecule has 0 aromatic heterocycles. The highest BCUT2D eigenvalue weighted by atomic mass is 32.2. The molecule has 14 heavy (non-hydrogen) atoms. The highest BCUT2D eigenvalue weighted by Gasteiger charge is 2.24. The molecule has 0 saturated carbocycles. The summed E-state index contributed by atoms with van der Waals surface area (Å²) in [4.78, 5) is 0. The summed E-state index contributed by atoms with van der Waals surface area (Å²) in [5.74, 6) is 0.142. The molecule has 1 unspecified atom stereocenters. The van der Waals surface area contributed by atoms with Gasteiger partial charge >= 0.3 is 0 Å². The lowest BCUT2D eigenvalue weighted by Crippen LogP contribution is -2.38. The third-order valence-electron chi connectivity index (χ3n) is 2.46. The number of hydrogen-bond donors (Lipinski definition) is 2. The van der Waals surface area contributed by atoms with Gasteiger partial charge in [-0.05, 0) is 19.4 Å². The molecule has 6 heteroatoms. The van der Waals surface area contributed by atoms with E-state index >= 15 is 0 Å². The van der Waals surface area contributed by atoms with Gasteiger partial charge in [0.2, 0.25) is 10.0 Å². The maximum atomic E-state index is 11.7. The van der Waals surface area contributed by atoms with Crippen molar-refractivity contribution in [1.82, 2.24) is 9.62 Å². The Morgan fingerprint density at radius 2 is 2.29 bits per heavy atom. The largest absolute Gasteiger partial charge is 0.395 e. The Morgan fingerprint density at radius 3 is 2.79 bits per heavy atom. The van der Waals surface area contributed by atoms with Gasteiger partial charge in [-0.2, -0.15) is 0 Å². The second-order valence-electron chi connectivity index (χ2n) is 3.62. The van der Waals surface area contributed by atoms with E-state index in [1.165, 1.54) is 11.4 Å². The SMILES string of the molecule is CN(CCO)S(=O)(=O)CC1CCCN1. The standard InChI is InChI=1S/C8H18N2O3S/c1-10(5-6-11)14(12,13)7-8-3-2-4-9-8/h8-9,11H,2-7H2,1H3. The van der Waals surface area contributed by atoms with Crippen molar-refractivity contribution in [2.45, 2.75) is 18.9 Å². The summed E-state index contributed by atoms with van der Waals surface area (Å²) in [5, 5.41) is 11.8. The van der Waals surface area contributed by atoms with E-state index in [1.807, 2.05) is 0 Å². The van der Waals surface area contributed by atoms with E-state index in [0.29, 0.717) is 0 Å². The average molecular weight is 222 g/mol. The predicted molar refractivity (Wildman–Crippen MR) is 54.5 cm³/mol. The Labute approximate surface area is 85.2 Å². The van der Waals surface area contributed by atoms with Crippen LogP contribution in [-0.2, 0) is 10.0 Å². The molecular weight excluding hydrogens is 204 g/mol. The number of likely N-dealkylation sites (N-methyl/N-ethyl adjacent to an activating group) is 1. The molecule has 1 atom stereocenters. The van der Waals surface area contributed by atoms with Gasteiger partial charge in [-0.15, -0.1) is 0 Å². The van der Waals surface area contributed by atoms with Gasteiger partial charge in [0.15, 0.2) is 0 Å². The molecule has 1 aliphatic heterocycles. The number of aliphatic hydroxyl groups is 1. The number of hydrogen-bond acceptors (Lipinski definition) is 4. The van der Waals surface area contributed by atoms with Gasteiger partial charge in [-0.25, -0.2) is 12.7 Å². The fourth-order valence-corrected chi connectivity index (χ4v) is 2.97. The van der Waals surface area contributed by atoms with Gasteiger partial charge in [0.25, 0.3) is 0 Å². The van der Waals surface area contributed by atoms with Crippen LogP contribution in [0.4, 0.5) is 0 Å². The summed E-state index contributed by atoms with van der Waals surface area (Å²) >= 11 is 0. The van der Waals surface area contributed by atoms with Crippen LogP contribution in [0.2, 0.25) is 0 Å². The van der Waals surface area contributed by atoms with Crippen LogP contribution >= 0.6 is 0 Å². The van der Waals surface area contributed by atoms with Crippen molar-refractivity contribution in [1.29, 1.82) is 0 Å². The van der Waals surface area contributed by atoms with E-state index in [0.717, 1.165) is 19.4 Å². The molecule has 1 saturated heterocycles. The molecule has 0 aromatic carbocycles. The number of aliphatic hydroxyl groups excluding tert-OH is 1. The van der Waals surface area contributed by atoms with Crippen LogP contribution in [-0.4, -0.2) is 56.4 Å². The van der Waals surface area contributed by atoms with Crippen molar-refractivity contribution >= 4 is 10.0 Å². The van der Waals surface area contributed by atoms with Crippen LogP contribution in [0.3, 0.4) is 0 Å². The fraction of sp³-hybridized carbons (Fsp3) is 1.00. The Bertz CT molecular complexity index is 260. The first-order chi connectivity index (χ1) is 6.56. The van der Waals surface area contributed by atoms with Gasteiger partial charge in [0, 0.05) is 19.6 Å². The van der Waals surface area contributed by atoms with Crippen molar-refractivity contribution in [3.63, 3.8) is 0 Å². The summed E-state index contributed by atoms with van der Waals surface area (Å²) < 4.78 is 24.5. The molecule has 5 nitrogen and oxygen atoms in total. The molecule has 0 radical (unpaired) electrons. The predicted octanol–water partition coefficient (Wildman–Crippen LogP) is -1.01. The van der Waals surface area contributed by atoms with E-state index in [9.17, 15) is 8.42 Å². The third kappa shape index (κ3) is 3.20. The molecule has 1 aliphatic rings. The summed E-state index contributed by atoms with van der Waals surface area (Å²) in [6.07, 6.45) is 1.97. The highest BCUT2D eigenvalue weighted by Crippen LogP contribution is 2.09. The van der Waals surface area contributed by atoms with Crippen molar-refractivity contribution in [2.75, 3.05) is 32.5 Å². The van der Waals surface area contributed by atoms with Crippen molar-refractivity contribution in [3.05, 3.63) is 0 Å². The second-order valence-corrected chi connectivity index (χ2v) is 5.74. The Balaban J connectivity index is 2.47. The molecular formula is C8H18N2O3S. The van der Waals surface area contributed by atoms with E-state index in [-0.39, 0.29) is 24.9 Å². The van der Waals surface area contributed by atoms with Crippen LogP contribution < -0.4 is 5.32 Å². The first-order valence-electron chi connectivity index (χ1n) is 4.84. The summed E-state index contributed by atoms with van der Waals surface area (Å²) in [5.41, 5.74) is 0. The summed E-state index contributed by atoms with van der Waals surface area (Å²) in [6, 6.07) is 0.0844. The number of nitrogens with zero attached hydrogens (tertiary/aromatic N) is 1. The number of nitrogens with one attached hydrogen (secondary N) is 1. The molecule has 0 aliphatic carbocycles. The third-order valence-corrected chi connectivity index (χ3v) is 4.42. The minimum absolute atomic E-state index is 0.0844. The van der Waals surface area contributed by atoms with Crippen LogP contribution in [0, 0.1) is 0 Å². The monoisotopic (exact) mass is 222 g/mol. The molecule has 1 rings (SSSR count). The van der Waals surface area contributed by atoms with Crippen molar-refractivity contribution in [3.8, 4) is 0 Å². The molecule has 1 fully saturated rings. The number of sulfonamides is 1. The minimum Gasteiger partial charge on any atom is -0.395 e. The van der Waals surface area contributed by atoms with Crippen LogP contribution in [0.1, 0.15) is 12.8 Å². The van der Waals surface area contributed by atoms with Crippen LogP contribution in [0.25, 0.3) is 0 Å². The molecule has 1 heterocycles. The maximum Gasteiger partial charge on any atom is 0.215 e. The molecule has 0 amide bonds. The van der Waals surface area contributed by atoms with E-state index in [4.69, 9.17) is 5.11 Å². The normalized spacial score (nSPS) is 23.2. The lowest BCUT2D eigenvalue weighted by atomic mass is 10.3. The van der Waals surface area contributed by atoms with Crippen molar-refractivity contribution in [2.24, 2.45) is 0 Å². The van der Waals surface area contributed by atoms with Gasteiger partial charge in [-0.3, -0.25) is 0 Å². The van der Waals surface area contributed by atoms with Gasteiger partial charge in [-0.1, -0.05) is 0 Å². The topological polar surface area (TPSA) is 69.6 Å². The summed E-state index contributed by atoms with van der Waals surface area (Å²) in [7, 11) is -1.69. The highest BCUT2D eigenvalue weighted by molar-refractivity contribution is 7.89. The maximum absolute atomic E-state index is 11.7. The zero-order valence-corrected chi connectivity index (χ0v) is 9.26. The number of rotatable bonds is 5. The zero-order valence-electron chi connectivity index (χ0n) is 8.44. The summed E-state index contributed by atoms with van der Waals surface area (Å²) in [6.45, 7) is 0.951. The van der Waals surface area contributed by atoms with E-state index in [1.54, 1.807) is 0 Å². The Hall–Kier alpha value is -0.170. The van der Waals surface area contributed by atoms with Gasteiger partial charge in [0.05, 0.1) is 12.4 Å². The molecule has 84 valence electrons. The lowest BCUT2D eigenvalue weighted by molar-refractivity contribution is 0.266. The lowest BCUT2D eigenvalue weighted by Gasteiger charge is -2.18. The first kappa shape index (κ1) is 11.9. The smallest absolute Gasteiger partial charge is 0.215 e. The van der Waals surface area contributed by atoms with Crippen molar-refractivity contribution < 1.29 is 13.5 Å². The molecule has 2 N–H and O–H groups in total. The van der Waals surface area contributed by atoms with E-state index in [2.05, 4.69) is 5.32 Å². The first-order valence-corrected chi connectivity index (χ1v) is 6.45. The zero-order chi connectivity index (χ0) is 10.6. The fourth-order valence-electron chi connectivity index (χ4n) is 1.56. The molecule has 0 bridgehead atoms. The van der Waals surface area contributed by atoms with Gasteiger partial charge in [0.1, 0.15) is 0 Å². The Kier molecular flexibility index (Phi) is 4.31. The minimum atomic E-state index is -3.20. The Morgan fingerprint density at radius 1 is 1.57 bits per heavy atom. The average Bonchev–Trinajstić information content (AvgIpc) is 2.56. The van der Waals surface area contributed by atoms with Crippen LogP contribution in [0.5, 0.6) is 0 Å². The quantitative estimate of drug-likeness (QED) is 0.625. The molecule has 0 spiro atoms. The second kappa shape index (κ2) is 5.06. The molecule has 0 aromatic rings. The van der Waals surface area contributed by atoms with E-state index < -0.39 is 10.0 Å². The van der Waals surface area contributed by atoms with Gasteiger partial charge < -0.3 is 10.4 Å².